The monoisotopic (exact) mass is 194 g/mol. The van der Waals surface area contributed by atoms with E-state index >= 15 is 0 Å². The van der Waals surface area contributed by atoms with Crippen molar-refractivity contribution in [1.29, 1.82) is 0 Å². The number of halogens is 2. The zero-order valence-electron chi connectivity index (χ0n) is 5.59. The molecule has 0 spiro atoms. The SMILES string of the molecule is Nc1ccc(O)c(N)c1.[Cl-].[Cl-]. The number of hydrogen-bond donors (Lipinski definition) is 3. The second-order valence-corrected chi connectivity index (χ2v) is 1.82. The Bertz CT molecular complexity index is 230. The van der Waals surface area contributed by atoms with Crippen LogP contribution in [0.3, 0.4) is 0 Å². The second kappa shape index (κ2) is 4.93. The van der Waals surface area contributed by atoms with Crippen LogP contribution in [-0.2, 0) is 0 Å². The molecule has 5 N–H and O–H groups in total. The molecular weight excluding hydrogens is 187 g/mol. The molecule has 0 heterocycles. The first kappa shape index (κ1) is 12.8. The molecule has 0 atom stereocenters. The number of phenols is 1. The predicted octanol–water partition coefficient (Wildman–Crippen LogP) is -5.44. The Morgan fingerprint density at radius 2 is 1.64 bits per heavy atom. The van der Waals surface area contributed by atoms with Crippen molar-refractivity contribution in [2.45, 2.75) is 0 Å². The Labute approximate surface area is 77.2 Å². The highest BCUT2D eigenvalue weighted by atomic mass is 35.5. The standard InChI is InChI=1S/C6H8N2O.2ClH/c7-4-1-2-6(9)5(8)3-4;;/h1-3,9H,7-8H2;2*1H/p-2. The maximum Gasteiger partial charge on any atom is 0.138 e. The molecular formula is C6H8Cl2N2O-2. The van der Waals surface area contributed by atoms with Crippen LogP contribution < -0.4 is 36.3 Å². The molecule has 1 rings (SSSR count). The van der Waals surface area contributed by atoms with Crippen molar-refractivity contribution < 1.29 is 29.9 Å². The van der Waals surface area contributed by atoms with Crippen molar-refractivity contribution in [3.63, 3.8) is 0 Å². The minimum absolute atomic E-state index is 0. The van der Waals surface area contributed by atoms with Crippen molar-refractivity contribution in [3.05, 3.63) is 18.2 Å². The van der Waals surface area contributed by atoms with E-state index in [2.05, 4.69) is 0 Å². The summed E-state index contributed by atoms with van der Waals surface area (Å²) in [6, 6.07) is 4.56. The second-order valence-electron chi connectivity index (χ2n) is 1.82. The van der Waals surface area contributed by atoms with E-state index in [1.165, 1.54) is 12.1 Å². The van der Waals surface area contributed by atoms with Crippen molar-refractivity contribution in [2.24, 2.45) is 0 Å². The summed E-state index contributed by atoms with van der Waals surface area (Å²) in [7, 11) is 0. The summed E-state index contributed by atoms with van der Waals surface area (Å²) in [5.74, 6) is 0.0733. The van der Waals surface area contributed by atoms with Crippen LogP contribution in [-0.4, -0.2) is 5.11 Å². The van der Waals surface area contributed by atoms with E-state index in [1.54, 1.807) is 6.07 Å². The van der Waals surface area contributed by atoms with Crippen LogP contribution in [0.25, 0.3) is 0 Å². The van der Waals surface area contributed by atoms with Gasteiger partial charge in [-0.2, -0.15) is 0 Å². The fourth-order valence-electron chi connectivity index (χ4n) is 0.573. The first-order chi connectivity index (χ1) is 4.20. The normalized spacial score (nSPS) is 7.64. The number of aromatic hydroxyl groups is 1. The Hall–Kier alpha value is -0.800. The van der Waals surface area contributed by atoms with Gasteiger partial charge >= 0.3 is 0 Å². The van der Waals surface area contributed by atoms with Crippen LogP contribution in [0.2, 0.25) is 0 Å². The molecule has 0 aliphatic carbocycles. The number of nitrogens with two attached hydrogens (primary N) is 2. The summed E-state index contributed by atoms with van der Waals surface area (Å²) < 4.78 is 0. The van der Waals surface area contributed by atoms with E-state index in [0.717, 1.165) is 0 Å². The highest BCUT2D eigenvalue weighted by Crippen LogP contribution is 2.20. The molecule has 0 radical (unpaired) electrons. The van der Waals surface area contributed by atoms with Crippen LogP contribution in [0.4, 0.5) is 11.4 Å². The summed E-state index contributed by atoms with van der Waals surface area (Å²) >= 11 is 0. The van der Waals surface area contributed by atoms with Gasteiger partial charge in [-0.1, -0.05) is 0 Å². The summed E-state index contributed by atoms with van der Waals surface area (Å²) in [4.78, 5) is 0. The molecule has 0 saturated heterocycles. The van der Waals surface area contributed by atoms with Crippen molar-refractivity contribution in [2.75, 3.05) is 11.5 Å². The van der Waals surface area contributed by atoms with Gasteiger partial charge in [0.05, 0.1) is 5.69 Å². The molecule has 0 aliphatic rings. The number of hydrogen-bond acceptors (Lipinski definition) is 3. The molecule has 5 heteroatoms. The molecule has 0 saturated carbocycles. The van der Waals surface area contributed by atoms with Crippen LogP contribution in [0.1, 0.15) is 0 Å². The zero-order chi connectivity index (χ0) is 6.85. The van der Waals surface area contributed by atoms with Gasteiger partial charge in [0, 0.05) is 5.69 Å². The molecule has 11 heavy (non-hydrogen) atoms. The summed E-state index contributed by atoms with van der Waals surface area (Å²) in [5.41, 5.74) is 11.5. The van der Waals surface area contributed by atoms with E-state index in [9.17, 15) is 0 Å². The third-order valence-corrected chi connectivity index (χ3v) is 1.05. The first-order valence-corrected chi connectivity index (χ1v) is 2.54. The van der Waals surface area contributed by atoms with Gasteiger partial charge in [0.25, 0.3) is 0 Å². The van der Waals surface area contributed by atoms with Gasteiger partial charge in [0.2, 0.25) is 0 Å². The lowest BCUT2D eigenvalue weighted by molar-refractivity contribution is -0.00100. The summed E-state index contributed by atoms with van der Waals surface area (Å²) in [6.07, 6.45) is 0. The molecule has 0 bridgehead atoms. The average molecular weight is 195 g/mol. The number of rotatable bonds is 0. The number of phenolic OH excluding ortho intramolecular Hbond substituents is 1. The fourth-order valence-corrected chi connectivity index (χ4v) is 0.573. The van der Waals surface area contributed by atoms with Gasteiger partial charge in [-0.3, -0.25) is 0 Å². The molecule has 0 aromatic heterocycles. The van der Waals surface area contributed by atoms with E-state index in [4.69, 9.17) is 16.6 Å². The topological polar surface area (TPSA) is 72.3 Å². The lowest BCUT2D eigenvalue weighted by Gasteiger charge is -1.97. The predicted molar refractivity (Wildman–Crippen MR) is 36.9 cm³/mol. The Morgan fingerprint density at radius 1 is 1.09 bits per heavy atom. The largest absolute Gasteiger partial charge is 1.00 e. The van der Waals surface area contributed by atoms with Gasteiger partial charge in [-0.25, -0.2) is 0 Å². The van der Waals surface area contributed by atoms with E-state index < -0.39 is 0 Å². The summed E-state index contributed by atoms with van der Waals surface area (Å²) in [6.45, 7) is 0. The third kappa shape index (κ3) is 3.20. The van der Waals surface area contributed by atoms with E-state index in [-0.39, 0.29) is 30.6 Å². The molecule has 3 nitrogen and oxygen atoms in total. The van der Waals surface area contributed by atoms with Gasteiger partial charge in [0.15, 0.2) is 0 Å². The lowest BCUT2D eigenvalue weighted by atomic mass is 10.3. The summed E-state index contributed by atoms with van der Waals surface area (Å²) in [5, 5.41) is 8.86. The molecule has 0 fully saturated rings. The van der Waals surface area contributed by atoms with Crippen molar-refractivity contribution in [3.8, 4) is 5.75 Å². The minimum Gasteiger partial charge on any atom is -1.00 e. The van der Waals surface area contributed by atoms with Gasteiger partial charge < -0.3 is 41.4 Å². The first-order valence-electron chi connectivity index (χ1n) is 2.54. The van der Waals surface area contributed by atoms with Gasteiger partial charge in [-0.05, 0) is 18.2 Å². The van der Waals surface area contributed by atoms with Crippen molar-refractivity contribution >= 4 is 11.4 Å². The maximum absolute atomic E-state index is 8.86. The molecule has 0 unspecified atom stereocenters. The molecule has 64 valence electrons. The number of nitrogen functional groups attached to an aromatic ring is 2. The Kier molecular flexibility index (Phi) is 5.76. The van der Waals surface area contributed by atoms with E-state index in [0.29, 0.717) is 11.4 Å². The Morgan fingerprint density at radius 3 is 2.00 bits per heavy atom. The molecule has 0 amide bonds. The third-order valence-electron chi connectivity index (χ3n) is 1.05. The molecule has 1 aromatic carbocycles. The van der Waals surface area contributed by atoms with Gasteiger partial charge in [0.1, 0.15) is 5.75 Å². The fraction of sp³-hybridized carbons (Fsp3) is 0. The van der Waals surface area contributed by atoms with Crippen LogP contribution in [0, 0.1) is 0 Å². The number of anilines is 2. The highest BCUT2D eigenvalue weighted by molar-refractivity contribution is 5.59. The van der Waals surface area contributed by atoms with Gasteiger partial charge in [-0.15, -0.1) is 0 Å². The van der Waals surface area contributed by atoms with Crippen molar-refractivity contribution in [1.82, 2.24) is 0 Å². The zero-order valence-corrected chi connectivity index (χ0v) is 7.10. The smallest absolute Gasteiger partial charge is 0.138 e. The van der Waals surface area contributed by atoms with E-state index in [1.807, 2.05) is 0 Å². The molecule has 0 aliphatic heterocycles. The Balaban J connectivity index is 0. The van der Waals surface area contributed by atoms with Crippen LogP contribution in [0.5, 0.6) is 5.75 Å². The van der Waals surface area contributed by atoms with Crippen LogP contribution >= 0.6 is 0 Å². The quantitative estimate of drug-likeness (QED) is 0.220. The number of benzene rings is 1. The lowest BCUT2D eigenvalue weighted by Crippen LogP contribution is -3.00. The molecule has 1 aromatic rings. The maximum atomic E-state index is 8.86. The minimum atomic E-state index is 0. The van der Waals surface area contributed by atoms with Crippen LogP contribution in [0.15, 0.2) is 18.2 Å². The average Bonchev–Trinajstić information content (AvgIpc) is 1.80. The highest BCUT2D eigenvalue weighted by Gasteiger charge is 1.93.